The van der Waals surface area contributed by atoms with E-state index in [9.17, 15) is 17.3 Å². The zero-order chi connectivity index (χ0) is 21.1. The van der Waals surface area contributed by atoms with E-state index in [1.807, 2.05) is 0 Å². The van der Waals surface area contributed by atoms with E-state index in [1.54, 1.807) is 0 Å². The summed E-state index contributed by atoms with van der Waals surface area (Å²) >= 11 is 0. The summed E-state index contributed by atoms with van der Waals surface area (Å²) in [5.41, 5.74) is 1.36. The SMILES string of the molecule is CCCCCCCCCCCCCCCC[n+]1cccc(C)c1.F[B-](F)(F)F. The molecule has 0 N–H and O–H groups in total. The highest BCUT2D eigenvalue weighted by Gasteiger charge is 2.20. The van der Waals surface area contributed by atoms with Gasteiger partial charge in [-0.2, -0.15) is 0 Å². The zero-order valence-corrected chi connectivity index (χ0v) is 18.0. The van der Waals surface area contributed by atoms with E-state index in [1.165, 1.54) is 102 Å². The summed E-state index contributed by atoms with van der Waals surface area (Å²) in [6, 6.07) is 4.32. The second kappa shape index (κ2) is 18.0. The molecule has 0 aliphatic carbocycles. The predicted octanol–water partition coefficient (Wildman–Crippen LogP) is 8.06. The van der Waals surface area contributed by atoms with Crippen molar-refractivity contribution in [2.45, 2.75) is 110 Å². The Kier molecular flexibility index (Phi) is 17.3. The van der Waals surface area contributed by atoms with Gasteiger partial charge in [0, 0.05) is 18.1 Å². The Labute approximate surface area is 170 Å². The smallest absolute Gasteiger partial charge is 0.418 e. The second-order valence-electron chi connectivity index (χ2n) is 7.71. The third-order valence-corrected chi connectivity index (χ3v) is 4.78. The molecular formula is C22H40BF4N. The highest BCUT2D eigenvalue weighted by atomic mass is 19.5. The van der Waals surface area contributed by atoms with Crippen molar-refractivity contribution in [1.82, 2.24) is 0 Å². The molecule has 6 heteroatoms. The molecule has 0 aromatic carbocycles. The topological polar surface area (TPSA) is 3.88 Å². The van der Waals surface area contributed by atoms with Crippen LogP contribution in [0.3, 0.4) is 0 Å². The van der Waals surface area contributed by atoms with E-state index in [-0.39, 0.29) is 0 Å². The fourth-order valence-electron chi connectivity index (χ4n) is 3.28. The molecule has 164 valence electrons. The largest absolute Gasteiger partial charge is 0.673 e. The van der Waals surface area contributed by atoms with Crippen molar-refractivity contribution in [3.63, 3.8) is 0 Å². The van der Waals surface area contributed by atoms with Gasteiger partial charge in [0.25, 0.3) is 0 Å². The molecule has 1 aromatic rings. The molecule has 1 nitrogen and oxygen atoms in total. The number of halogens is 4. The molecule has 28 heavy (non-hydrogen) atoms. The van der Waals surface area contributed by atoms with Gasteiger partial charge >= 0.3 is 7.25 Å². The van der Waals surface area contributed by atoms with E-state index in [4.69, 9.17) is 0 Å². The lowest BCUT2D eigenvalue weighted by Crippen LogP contribution is -2.32. The fourth-order valence-corrected chi connectivity index (χ4v) is 3.28. The molecule has 0 saturated carbocycles. The van der Waals surface area contributed by atoms with Gasteiger partial charge in [-0.3, -0.25) is 0 Å². The first-order valence-corrected chi connectivity index (χ1v) is 11.2. The van der Waals surface area contributed by atoms with E-state index < -0.39 is 7.25 Å². The summed E-state index contributed by atoms with van der Waals surface area (Å²) in [6.45, 7) is 5.64. The number of hydrogen-bond donors (Lipinski definition) is 0. The summed E-state index contributed by atoms with van der Waals surface area (Å²) < 4.78 is 41.3. The van der Waals surface area contributed by atoms with E-state index in [0.717, 1.165) is 0 Å². The van der Waals surface area contributed by atoms with E-state index in [0.29, 0.717) is 0 Å². The normalized spacial score (nSPS) is 11.2. The minimum absolute atomic E-state index is 1.18. The fraction of sp³-hybridized carbons (Fsp3) is 0.773. The Balaban J connectivity index is 0.00000129. The summed E-state index contributed by atoms with van der Waals surface area (Å²) in [5.74, 6) is 0. The van der Waals surface area contributed by atoms with Crippen LogP contribution in [0.4, 0.5) is 17.3 Å². The lowest BCUT2D eigenvalue weighted by Gasteiger charge is -2.03. The molecule has 0 unspecified atom stereocenters. The van der Waals surface area contributed by atoms with E-state index >= 15 is 0 Å². The second-order valence-corrected chi connectivity index (χ2v) is 7.71. The van der Waals surface area contributed by atoms with Gasteiger partial charge in [0.15, 0.2) is 12.4 Å². The van der Waals surface area contributed by atoms with Crippen LogP contribution < -0.4 is 4.57 Å². The maximum Gasteiger partial charge on any atom is 0.673 e. The molecule has 0 aliphatic heterocycles. The van der Waals surface area contributed by atoms with Crippen LogP contribution in [0, 0.1) is 6.92 Å². The lowest BCUT2D eigenvalue weighted by molar-refractivity contribution is -0.697. The van der Waals surface area contributed by atoms with Crippen LogP contribution in [0.5, 0.6) is 0 Å². The number of nitrogens with zero attached hydrogens (tertiary/aromatic N) is 1. The van der Waals surface area contributed by atoms with Crippen LogP contribution in [0.1, 0.15) is 102 Å². The monoisotopic (exact) mass is 405 g/mol. The summed E-state index contributed by atoms with van der Waals surface area (Å²) in [4.78, 5) is 0. The van der Waals surface area contributed by atoms with Crippen LogP contribution in [-0.4, -0.2) is 7.25 Å². The quantitative estimate of drug-likeness (QED) is 0.120. The Morgan fingerprint density at radius 2 is 1.11 bits per heavy atom. The maximum absolute atomic E-state index is 9.75. The predicted molar refractivity (Wildman–Crippen MR) is 112 cm³/mol. The molecule has 1 heterocycles. The Morgan fingerprint density at radius 1 is 0.714 bits per heavy atom. The molecular weight excluding hydrogens is 365 g/mol. The third-order valence-electron chi connectivity index (χ3n) is 4.78. The minimum atomic E-state index is -6.00. The van der Waals surface area contributed by atoms with Crippen LogP contribution in [0.2, 0.25) is 0 Å². The number of aromatic nitrogens is 1. The molecule has 0 atom stereocenters. The highest BCUT2D eigenvalue weighted by Crippen LogP contribution is 2.13. The number of aryl methyl sites for hydroxylation is 2. The van der Waals surface area contributed by atoms with Crippen molar-refractivity contribution in [1.29, 1.82) is 0 Å². The number of hydrogen-bond acceptors (Lipinski definition) is 0. The van der Waals surface area contributed by atoms with Gasteiger partial charge in [-0.05, 0) is 19.4 Å². The minimum Gasteiger partial charge on any atom is -0.418 e. The van der Waals surface area contributed by atoms with Gasteiger partial charge in [-0.15, -0.1) is 0 Å². The standard InChI is InChI=1S/C22H40N.BF4/c1-3-4-5-6-7-8-9-10-11-12-13-14-15-16-19-23-20-17-18-22(2)21-23;2-1(3,4)5/h17-18,20-21H,3-16,19H2,1-2H3;/q+1;-1. The Bertz CT molecular complexity index is 460. The van der Waals surface area contributed by atoms with Crippen LogP contribution in [0.25, 0.3) is 0 Å². The maximum atomic E-state index is 9.75. The lowest BCUT2D eigenvalue weighted by atomic mass is 10.0. The van der Waals surface area contributed by atoms with Gasteiger partial charge in [0.05, 0.1) is 0 Å². The molecule has 0 aliphatic rings. The average Bonchev–Trinajstić information content (AvgIpc) is 2.61. The van der Waals surface area contributed by atoms with Crippen LogP contribution in [0.15, 0.2) is 24.5 Å². The number of pyridine rings is 1. The zero-order valence-electron chi connectivity index (χ0n) is 18.0. The number of unbranched alkanes of at least 4 members (excludes halogenated alkanes) is 13. The molecule has 1 rings (SSSR count). The molecule has 1 aromatic heterocycles. The third kappa shape index (κ3) is 23.0. The van der Waals surface area contributed by atoms with Crippen molar-refractivity contribution in [2.75, 3.05) is 0 Å². The first kappa shape index (κ1) is 26.9. The van der Waals surface area contributed by atoms with Gasteiger partial charge in [-0.1, -0.05) is 84.0 Å². The van der Waals surface area contributed by atoms with Crippen molar-refractivity contribution in [3.8, 4) is 0 Å². The first-order chi connectivity index (χ1) is 13.3. The molecule has 0 radical (unpaired) electrons. The van der Waals surface area contributed by atoms with E-state index in [2.05, 4.69) is 42.9 Å². The molecule has 0 amide bonds. The highest BCUT2D eigenvalue weighted by molar-refractivity contribution is 6.50. The Morgan fingerprint density at radius 3 is 1.50 bits per heavy atom. The van der Waals surface area contributed by atoms with Gasteiger partial charge in [0.1, 0.15) is 6.54 Å². The van der Waals surface area contributed by atoms with Crippen molar-refractivity contribution < 1.29 is 21.8 Å². The first-order valence-electron chi connectivity index (χ1n) is 11.2. The van der Waals surface area contributed by atoms with Crippen LogP contribution >= 0.6 is 0 Å². The molecule has 0 saturated heterocycles. The van der Waals surface area contributed by atoms with Crippen molar-refractivity contribution in [2.24, 2.45) is 0 Å². The molecule has 0 spiro atoms. The Hall–Kier alpha value is -1.07. The summed E-state index contributed by atoms with van der Waals surface area (Å²) in [7, 11) is -6.00. The molecule has 0 fully saturated rings. The van der Waals surface area contributed by atoms with Gasteiger partial charge < -0.3 is 17.3 Å². The van der Waals surface area contributed by atoms with Gasteiger partial charge in [-0.25, -0.2) is 4.57 Å². The molecule has 0 bridgehead atoms. The van der Waals surface area contributed by atoms with Crippen molar-refractivity contribution >= 4 is 7.25 Å². The van der Waals surface area contributed by atoms with Gasteiger partial charge in [0.2, 0.25) is 0 Å². The summed E-state index contributed by atoms with van der Waals surface area (Å²) in [6.07, 6.45) is 24.5. The number of rotatable bonds is 15. The average molecular weight is 405 g/mol. The summed E-state index contributed by atoms with van der Waals surface area (Å²) in [5, 5.41) is 0. The van der Waals surface area contributed by atoms with Crippen LogP contribution in [-0.2, 0) is 6.54 Å². The van der Waals surface area contributed by atoms with Crippen molar-refractivity contribution in [3.05, 3.63) is 30.1 Å².